The second-order valence-electron chi connectivity index (χ2n) is 4.05. The first-order valence-corrected chi connectivity index (χ1v) is 5.24. The summed E-state index contributed by atoms with van der Waals surface area (Å²) >= 11 is 0. The minimum atomic E-state index is -1.11. The number of ether oxygens (including phenoxy) is 1. The molecule has 1 unspecified atom stereocenters. The highest BCUT2D eigenvalue weighted by atomic mass is 19.1. The standard InChI is InChI=1S/C12H13FO3/c13-10-4-2-9(3-5-10)8-12(11(14)15)6-1-7-16-12/h2-5H,1,6-8H2,(H,14,15). The molecule has 1 fully saturated rings. The lowest BCUT2D eigenvalue weighted by Crippen LogP contribution is -2.40. The summed E-state index contributed by atoms with van der Waals surface area (Å²) in [5.74, 6) is -1.25. The van der Waals surface area contributed by atoms with Crippen molar-refractivity contribution in [2.75, 3.05) is 6.61 Å². The van der Waals surface area contributed by atoms with Crippen LogP contribution in [0.25, 0.3) is 0 Å². The zero-order valence-electron chi connectivity index (χ0n) is 8.78. The monoisotopic (exact) mass is 224 g/mol. The van der Waals surface area contributed by atoms with Crippen LogP contribution < -0.4 is 0 Å². The van der Waals surface area contributed by atoms with Gasteiger partial charge in [0.25, 0.3) is 0 Å². The molecule has 1 heterocycles. The van der Waals surface area contributed by atoms with Crippen LogP contribution in [-0.2, 0) is 16.0 Å². The molecule has 0 spiro atoms. The van der Waals surface area contributed by atoms with Gasteiger partial charge >= 0.3 is 5.97 Å². The molecule has 2 rings (SSSR count). The Hall–Kier alpha value is -1.42. The van der Waals surface area contributed by atoms with E-state index >= 15 is 0 Å². The SMILES string of the molecule is O=C(O)C1(Cc2ccc(F)cc2)CCCO1. The normalized spacial score (nSPS) is 24.6. The van der Waals surface area contributed by atoms with E-state index in [0.717, 1.165) is 12.0 Å². The van der Waals surface area contributed by atoms with Crippen molar-refractivity contribution in [3.05, 3.63) is 35.6 Å². The summed E-state index contributed by atoms with van der Waals surface area (Å²) in [6, 6.07) is 5.86. The van der Waals surface area contributed by atoms with Crippen molar-refractivity contribution in [1.29, 1.82) is 0 Å². The lowest BCUT2D eigenvalue weighted by molar-refractivity contribution is -0.159. The third-order valence-corrected chi connectivity index (χ3v) is 2.90. The van der Waals surface area contributed by atoms with Crippen LogP contribution in [0.5, 0.6) is 0 Å². The van der Waals surface area contributed by atoms with E-state index in [1.165, 1.54) is 12.1 Å². The Labute approximate surface area is 92.9 Å². The molecular weight excluding hydrogens is 211 g/mol. The van der Waals surface area contributed by atoms with Crippen LogP contribution in [0.2, 0.25) is 0 Å². The minimum Gasteiger partial charge on any atom is -0.479 e. The fourth-order valence-electron chi connectivity index (χ4n) is 2.01. The number of halogens is 1. The Morgan fingerprint density at radius 3 is 2.62 bits per heavy atom. The molecule has 4 heteroatoms. The quantitative estimate of drug-likeness (QED) is 0.854. The summed E-state index contributed by atoms with van der Waals surface area (Å²) in [6.45, 7) is 0.480. The van der Waals surface area contributed by atoms with Gasteiger partial charge in [0.05, 0.1) is 0 Å². The maximum Gasteiger partial charge on any atom is 0.336 e. The van der Waals surface area contributed by atoms with Gasteiger partial charge < -0.3 is 9.84 Å². The fourth-order valence-corrected chi connectivity index (χ4v) is 2.01. The third kappa shape index (κ3) is 2.07. The molecule has 1 aromatic rings. The molecule has 1 atom stereocenters. The molecule has 1 aliphatic rings. The van der Waals surface area contributed by atoms with Crippen LogP contribution >= 0.6 is 0 Å². The van der Waals surface area contributed by atoms with Crippen LogP contribution in [0.3, 0.4) is 0 Å². The predicted molar refractivity (Wildman–Crippen MR) is 55.7 cm³/mol. The van der Waals surface area contributed by atoms with E-state index in [9.17, 15) is 14.3 Å². The Morgan fingerprint density at radius 1 is 1.44 bits per heavy atom. The Bertz CT molecular complexity index is 380. The number of aliphatic carboxylic acids is 1. The van der Waals surface area contributed by atoms with Gasteiger partial charge in [-0.2, -0.15) is 0 Å². The van der Waals surface area contributed by atoms with Crippen molar-refractivity contribution in [3.8, 4) is 0 Å². The van der Waals surface area contributed by atoms with Crippen LogP contribution in [0.4, 0.5) is 4.39 Å². The van der Waals surface area contributed by atoms with E-state index in [-0.39, 0.29) is 5.82 Å². The molecule has 1 aromatic carbocycles. The van der Waals surface area contributed by atoms with Crippen LogP contribution in [-0.4, -0.2) is 23.3 Å². The third-order valence-electron chi connectivity index (χ3n) is 2.90. The summed E-state index contributed by atoms with van der Waals surface area (Å²) in [4.78, 5) is 11.2. The number of carbonyl (C=O) groups is 1. The first-order chi connectivity index (χ1) is 7.62. The number of carboxylic acid groups (broad SMARTS) is 1. The van der Waals surface area contributed by atoms with E-state index < -0.39 is 11.6 Å². The Morgan fingerprint density at radius 2 is 2.12 bits per heavy atom. The van der Waals surface area contributed by atoms with Gasteiger partial charge in [0.2, 0.25) is 0 Å². The highest BCUT2D eigenvalue weighted by Crippen LogP contribution is 2.29. The molecule has 1 N–H and O–H groups in total. The zero-order valence-corrected chi connectivity index (χ0v) is 8.78. The van der Waals surface area contributed by atoms with Crippen LogP contribution in [0, 0.1) is 5.82 Å². The lowest BCUT2D eigenvalue weighted by Gasteiger charge is -2.23. The molecule has 0 saturated carbocycles. The van der Waals surface area contributed by atoms with E-state index in [1.807, 2.05) is 0 Å². The average Bonchev–Trinajstić information content (AvgIpc) is 2.71. The number of hydrogen-bond donors (Lipinski definition) is 1. The molecule has 16 heavy (non-hydrogen) atoms. The molecule has 0 amide bonds. The summed E-state index contributed by atoms with van der Waals surface area (Å²) < 4.78 is 18.0. The van der Waals surface area contributed by atoms with Gasteiger partial charge in [-0.1, -0.05) is 12.1 Å². The van der Waals surface area contributed by atoms with Gasteiger partial charge in [-0.3, -0.25) is 0 Å². The van der Waals surface area contributed by atoms with Crippen LogP contribution in [0.1, 0.15) is 18.4 Å². The first kappa shape index (κ1) is 11.1. The smallest absolute Gasteiger partial charge is 0.336 e. The Kier molecular flexibility index (Phi) is 2.92. The van der Waals surface area contributed by atoms with Crippen molar-refractivity contribution in [3.63, 3.8) is 0 Å². The van der Waals surface area contributed by atoms with E-state index in [1.54, 1.807) is 12.1 Å². The fraction of sp³-hybridized carbons (Fsp3) is 0.417. The van der Waals surface area contributed by atoms with Gasteiger partial charge in [0, 0.05) is 13.0 Å². The molecule has 0 aromatic heterocycles. The lowest BCUT2D eigenvalue weighted by atomic mass is 9.92. The molecule has 0 aliphatic carbocycles. The molecule has 86 valence electrons. The number of benzene rings is 1. The zero-order chi connectivity index (χ0) is 11.6. The van der Waals surface area contributed by atoms with Crippen molar-refractivity contribution in [2.24, 2.45) is 0 Å². The molecule has 1 aliphatic heterocycles. The van der Waals surface area contributed by atoms with Gasteiger partial charge in [0.15, 0.2) is 5.60 Å². The van der Waals surface area contributed by atoms with Crippen LogP contribution in [0.15, 0.2) is 24.3 Å². The average molecular weight is 224 g/mol. The predicted octanol–water partition coefficient (Wildman–Crippen LogP) is 2.00. The Balaban J connectivity index is 2.18. The maximum atomic E-state index is 12.7. The summed E-state index contributed by atoms with van der Waals surface area (Å²) in [7, 11) is 0. The molecule has 1 saturated heterocycles. The van der Waals surface area contributed by atoms with Crippen molar-refractivity contribution in [2.45, 2.75) is 24.9 Å². The van der Waals surface area contributed by atoms with Crippen molar-refractivity contribution < 1.29 is 19.0 Å². The van der Waals surface area contributed by atoms with E-state index in [2.05, 4.69) is 0 Å². The second kappa shape index (κ2) is 4.22. The van der Waals surface area contributed by atoms with Crippen molar-refractivity contribution in [1.82, 2.24) is 0 Å². The van der Waals surface area contributed by atoms with Gasteiger partial charge in [-0.05, 0) is 30.5 Å². The first-order valence-electron chi connectivity index (χ1n) is 5.24. The topological polar surface area (TPSA) is 46.5 Å². The molecule has 0 bridgehead atoms. The number of hydrogen-bond acceptors (Lipinski definition) is 2. The van der Waals surface area contributed by atoms with Crippen molar-refractivity contribution >= 4 is 5.97 Å². The molecular formula is C12H13FO3. The number of rotatable bonds is 3. The minimum absolute atomic E-state index is 0.294. The maximum absolute atomic E-state index is 12.7. The van der Waals surface area contributed by atoms with Gasteiger partial charge in [0.1, 0.15) is 5.82 Å². The summed E-state index contributed by atoms with van der Waals surface area (Å²) in [6.07, 6.45) is 1.57. The summed E-state index contributed by atoms with van der Waals surface area (Å²) in [5, 5.41) is 9.18. The second-order valence-corrected chi connectivity index (χ2v) is 4.05. The van der Waals surface area contributed by atoms with E-state index in [0.29, 0.717) is 19.4 Å². The highest BCUT2D eigenvalue weighted by Gasteiger charge is 2.42. The molecule has 0 radical (unpaired) electrons. The molecule has 3 nitrogen and oxygen atoms in total. The van der Waals surface area contributed by atoms with E-state index in [4.69, 9.17) is 4.74 Å². The van der Waals surface area contributed by atoms with Gasteiger partial charge in [-0.15, -0.1) is 0 Å². The highest BCUT2D eigenvalue weighted by molar-refractivity contribution is 5.78. The van der Waals surface area contributed by atoms with Gasteiger partial charge in [-0.25, -0.2) is 9.18 Å². The summed E-state index contributed by atoms with van der Waals surface area (Å²) in [5.41, 5.74) is -0.330. The largest absolute Gasteiger partial charge is 0.479 e. The number of carboxylic acids is 1.